The molecule has 0 saturated carbocycles. The molecule has 1 aromatic rings. The number of ether oxygens (including phenoxy) is 2. The van der Waals surface area contributed by atoms with Gasteiger partial charge in [-0.15, -0.1) is 11.8 Å². The topological polar surface area (TPSA) is 31.6 Å². The lowest BCUT2D eigenvalue weighted by molar-refractivity contribution is -0.136. The van der Waals surface area contributed by atoms with Crippen molar-refractivity contribution in [2.24, 2.45) is 0 Å². The molecule has 0 saturated heterocycles. The van der Waals surface area contributed by atoms with Gasteiger partial charge in [-0.2, -0.15) is 0 Å². The van der Waals surface area contributed by atoms with E-state index in [1.807, 2.05) is 26.8 Å². The number of hydrogen-bond acceptors (Lipinski definition) is 4. The first-order chi connectivity index (χ1) is 7.77. The molecule has 92 valence electrons. The van der Waals surface area contributed by atoms with E-state index in [4.69, 9.17) is 13.9 Å². The van der Waals surface area contributed by atoms with Crippen LogP contribution in [0.4, 0.5) is 0 Å². The van der Waals surface area contributed by atoms with Crippen molar-refractivity contribution in [1.82, 2.24) is 0 Å². The van der Waals surface area contributed by atoms with Crippen molar-refractivity contribution in [1.29, 1.82) is 0 Å². The quantitative estimate of drug-likeness (QED) is 0.517. The molecule has 0 aliphatic carbocycles. The Labute approximate surface area is 101 Å². The highest BCUT2D eigenvalue weighted by molar-refractivity contribution is 7.99. The fourth-order valence-corrected chi connectivity index (χ4v) is 2.31. The van der Waals surface area contributed by atoms with E-state index < -0.39 is 0 Å². The molecule has 1 heterocycles. The molecule has 4 heteroatoms. The normalized spacial score (nSPS) is 11.2. The van der Waals surface area contributed by atoms with Gasteiger partial charge in [-0.3, -0.25) is 0 Å². The molecule has 0 bridgehead atoms. The average Bonchev–Trinajstić information content (AvgIpc) is 2.65. The summed E-state index contributed by atoms with van der Waals surface area (Å²) in [5, 5.41) is 0. The Balaban J connectivity index is 2.24. The molecule has 0 atom stereocenters. The Morgan fingerprint density at radius 2 is 2.00 bits per heavy atom. The second-order valence-electron chi connectivity index (χ2n) is 3.32. The zero-order valence-corrected chi connectivity index (χ0v) is 11.0. The van der Waals surface area contributed by atoms with Gasteiger partial charge in [-0.25, -0.2) is 0 Å². The molecular formula is C12H20O3S. The van der Waals surface area contributed by atoms with Crippen molar-refractivity contribution in [3.8, 4) is 0 Å². The maximum atomic E-state index is 5.47. The maximum absolute atomic E-state index is 5.47. The van der Waals surface area contributed by atoms with Crippen molar-refractivity contribution in [3.05, 3.63) is 18.1 Å². The van der Waals surface area contributed by atoms with Gasteiger partial charge in [0, 0.05) is 30.3 Å². The minimum atomic E-state index is -0.0743. The summed E-state index contributed by atoms with van der Waals surface area (Å²) in [6.45, 7) is 7.34. The van der Waals surface area contributed by atoms with Gasteiger partial charge < -0.3 is 13.9 Å². The second kappa shape index (κ2) is 7.76. The highest BCUT2D eigenvalue weighted by Crippen LogP contribution is 2.24. The van der Waals surface area contributed by atoms with Crippen LogP contribution in [0.3, 0.4) is 0 Å². The van der Waals surface area contributed by atoms with Gasteiger partial charge in [-0.05, 0) is 26.8 Å². The lowest BCUT2D eigenvalue weighted by Crippen LogP contribution is -2.18. The van der Waals surface area contributed by atoms with Crippen molar-refractivity contribution < 1.29 is 13.9 Å². The molecule has 0 aliphatic heterocycles. The van der Waals surface area contributed by atoms with E-state index in [-0.39, 0.29) is 6.29 Å². The Morgan fingerprint density at radius 3 is 2.50 bits per heavy atom. The van der Waals surface area contributed by atoms with Crippen LogP contribution in [0.5, 0.6) is 0 Å². The van der Waals surface area contributed by atoms with E-state index in [9.17, 15) is 0 Å². The van der Waals surface area contributed by atoms with Crippen molar-refractivity contribution in [2.75, 3.05) is 19.0 Å². The molecular weight excluding hydrogens is 224 g/mol. The van der Waals surface area contributed by atoms with Crippen LogP contribution in [0.1, 0.15) is 26.0 Å². The zero-order valence-electron chi connectivity index (χ0n) is 10.2. The Hall–Kier alpha value is -0.450. The van der Waals surface area contributed by atoms with Crippen LogP contribution in [0.25, 0.3) is 0 Å². The minimum absolute atomic E-state index is 0.0743. The Bertz CT molecular complexity index is 280. The molecule has 0 aliphatic rings. The summed E-state index contributed by atoms with van der Waals surface area (Å²) in [6, 6.07) is 2.00. The standard InChI is InChI=1S/C12H20O3S/c1-4-13-12(14-5-2)7-9-16-11-6-8-15-10(11)3/h6,8,12H,4-5,7,9H2,1-3H3. The van der Waals surface area contributed by atoms with Gasteiger partial charge >= 0.3 is 0 Å². The molecule has 0 unspecified atom stereocenters. The largest absolute Gasteiger partial charge is 0.468 e. The molecule has 0 radical (unpaired) electrons. The first-order valence-corrected chi connectivity index (χ1v) is 6.66. The fourth-order valence-electron chi connectivity index (χ4n) is 1.37. The predicted molar refractivity (Wildman–Crippen MR) is 65.8 cm³/mol. The van der Waals surface area contributed by atoms with Crippen LogP contribution < -0.4 is 0 Å². The van der Waals surface area contributed by atoms with E-state index >= 15 is 0 Å². The van der Waals surface area contributed by atoms with Crippen LogP contribution in [-0.2, 0) is 9.47 Å². The van der Waals surface area contributed by atoms with E-state index in [0.717, 1.165) is 17.9 Å². The number of hydrogen-bond donors (Lipinski definition) is 0. The average molecular weight is 244 g/mol. The first-order valence-electron chi connectivity index (χ1n) is 5.68. The second-order valence-corrected chi connectivity index (χ2v) is 4.46. The monoisotopic (exact) mass is 244 g/mol. The van der Waals surface area contributed by atoms with Crippen LogP contribution in [0, 0.1) is 6.92 Å². The molecule has 1 rings (SSSR count). The number of thioether (sulfide) groups is 1. The maximum Gasteiger partial charge on any atom is 0.158 e. The van der Waals surface area contributed by atoms with Crippen molar-refractivity contribution in [3.63, 3.8) is 0 Å². The minimum Gasteiger partial charge on any atom is -0.468 e. The summed E-state index contributed by atoms with van der Waals surface area (Å²) >= 11 is 1.78. The van der Waals surface area contributed by atoms with Crippen molar-refractivity contribution >= 4 is 11.8 Å². The van der Waals surface area contributed by atoms with Gasteiger partial charge in [0.25, 0.3) is 0 Å². The summed E-state index contributed by atoms with van der Waals surface area (Å²) < 4.78 is 16.2. The molecule has 0 fully saturated rings. The van der Waals surface area contributed by atoms with E-state index in [1.165, 1.54) is 4.90 Å². The molecule has 16 heavy (non-hydrogen) atoms. The van der Waals surface area contributed by atoms with Crippen LogP contribution in [0.15, 0.2) is 21.6 Å². The highest BCUT2D eigenvalue weighted by Gasteiger charge is 2.09. The number of aryl methyl sites for hydroxylation is 1. The van der Waals surface area contributed by atoms with Gasteiger partial charge in [0.2, 0.25) is 0 Å². The van der Waals surface area contributed by atoms with Gasteiger partial charge in [0.15, 0.2) is 6.29 Å². The summed E-state index contributed by atoms with van der Waals surface area (Å²) in [6.07, 6.45) is 2.55. The lowest BCUT2D eigenvalue weighted by Gasteiger charge is -2.16. The molecule has 0 amide bonds. The van der Waals surface area contributed by atoms with Crippen molar-refractivity contribution in [2.45, 2.75) is 38.4 Å². The van der Waals surface area contributed by atoms with E-state index in [0.29, 0.717) is 13.2 Å². The highest BCUT2D eigenvalue weighted by atomic mass is 32.2. The Kier molecular flexibility index (Phi) is 6.61. The fraction of sp³-hybridized carbons (Fsp3) is 0.667. The molecule has 0 N–H and O–H groups in total. The predicted octanol–water partition coefficient (Wildman–Crippen LogP) is 3.47. The summed E-state index contributed by atoms with van der Waals surface area (Å²) in [7, 11) is 0. The Morgan fingerprint density at radius 1 is 1.31 bits per heavy atom. The van der Waals surface area contributed by atoms with Gasteiger partial charge in [0.1, 0.15) is 5.76 Å². The van der Waals surface area contributed by atoms with Gasteiger partial charge in [-0.1, -0.05) is 0 Å². The van der Waals surface area contributed by atoms with Crippen LogP contribution in [-0.4, -0.2) is 25.3 Å². The molecule has 3 nitrogen and oxygen atoms in total. The van der Waals surface area contributed by atoms with Crippen LogP contribution >= 0.6 is 11.8 Å². The molecule has 0 aromatic carbocycles. The van der Waals surface area contributed by atoms with E-state index in [1.54, 1.807) is 18.0 Å². The van der Waals surface area contributed by atoms with E-state index in [2.05, 4.69) is 0 Å². The first kappa shape index (κ1) is 13.6. The molecule has 0 spiro atoms. The smallest absolute Gasteiger partial charge is 0.158 e. The zero-order chi connectivity index (χ0) is 11.8. The summed E-state index contributed by atoms with van der Waals surface area (Å²) in [4.78, 5) is 1.20. The summed E-state index contributed by atoms with van der Waals surface area (Å²) in [5.41, 5.74) is 0. The third kappa shape index (κ3) is 4.60. The summed E-state index contributed by atoms with van der Waals surface area (Å²) in [5.74, 6) is 1.96. The van der Waals surface area contributed by atoms with Gasteiger partial charge in [0.05, 0.1) is 6.26 Å². The van der Waals surface area contributed by atoms with Crippen LogP contribution in [0.2, 0.25) is 0 Å². The third-order valence-electron chi connectivity index (χ3n) is 2.13. The molecule has 1 aromatic heterocycles. The number of rotatable bonds is 8. The SMILES string of the molecule is CCOC(CCSc1ccoc1C)OCC. The third-order valence-corrected chi connectivity index (χ3v) is 3.30. The lowest BCUT2D eigenvalue weighted by atomic mass is 10.4. The number of furan rings is 1.